The van der Waals surface area contributed by atoms with E-state index in [0.29, 0.717) is 19.4 Å². The lowest BCUT2D eigenvalue weighted by Gasteiger charge is -2.28. The monoisotopic (exact) mass is 314 g/mol. The third kappa shape index (κ3) is 3.93. The summed E-state index contributed by atoms with van der Waals surface area (Å²) >= 11 is 0. The van der Waals surface area contributed by atoms with Crippen molar-refractivity contribution >= 4 is 21.6 Å². The lowest BCUT2D eigenvalue weighted by molar-refractivity contribution is 0.194. The van der Waals surface area contributed by atoms with Gasteiger partial charge >= 0.3 is 6.03 Å². The first-order chi connectivity index (χ1) is 9.93. The molecule has 2 amide bonds. The maximum atomic E-state index is 13.6. The quantitative estimate of drug-likeness (QED) is 0.927. The van der Waals surface area contributed by atoms with E-state index in [-0.39, 0.29) is 23.2 Å². The Hall–Kier alpha value is -1.63. The second-order valence-electron chi connectivity index (χ2n) is 5.16. The van der Waals surface area contributed by atoms with Crippen molar-refractivity contribution in [3.63, 3.8) is 0 Å². The number of anilines is 1. The number of hydrogen-bond acceptors (Lipinski definition) is 3. The zero-order valence-electron chi connectivity index (χ0n) is 11.9. The number of halogens is 1. The molecular formula is C14H19FN2O3S. The van der Waals surface area contributed by atoms with Gasteiger partial charge in [0.05, 0.1) is 17.2 Å². The van der Waals surface area contributed by atoms with Crippen molar-refractivity contribution in [3.8, 4) is 0 Å². The van der Waals surface area contributed by atoms with Crippen LogP contribution in [0.5, 0.6) is 0 Å². The third-order valence-electron chi connectivity index (χ3n) is 3.49. The predicted octanol–water partition coefficient (Wildman–Crippen LogP) is 2.26. The van der Waals surface area contributed by atoms with Crippen molar-refractivity contribution in [1.29, 1.82) is 0 Å². The summed E-state index contributed by atoms with van der Waals surface area (Å²) in [6.45, 7) is 2.35. The first kappa shape index (κ1) is 15.8. The number of nitrogens with one attached hydrogen (secondary N) is 1. The molecule has 0 aliphatic carbocycles. The molecule has 1 aliphatic rings. The standard InChI is InChI=1S/C14H19FN2O3S/c1-2-8-17(11-7-9-21(19,20)10-11)14(18)16-13-6-4-3-5-12(13)15/h3-6,11H,2,7-10H2,1H3,(H,16,18). The summed E-state index contributed by atoms with van der Waals surface area (Å²) in [5.41, 5.74) is 0.101. The Morgan fingerprint density at radius 1 is 1.43 bits per heavy atom. The van der Waals surface area contributed by atoms with Crippen LogP contribution in [0.3, 0.4) is 0 Å². The molecule has 21 heavy (non-hydrogen) atoms. The molecule has 1 unspecified atom stereocenters. The van der Waals surface area contributed by atoms with E-state index in [1.165, 1.54) is 17.0 Å². The number of sulfone groups is 1. The van der Waals surface area contributed by atoms with E-state index in [9.17, 15) is 17.6 Å². The van der Waals surface area contributed by atoms with Gasteiger partial charge in [0.25, 0.3) is 0 Å². The lowest BCUT2D eigenvalue weighted by atomic mass is 10.2. The van der Waals surface area contributed by atoms with Crippen LogP contribution in [0.2, 0.25) is 0 Å². The zero-order valence-corrected chi connectivity index (χ0v) is 12.7. The van der Waals surface area contributed by atoms with Crippen LogP contribution in [-0.4, -0.2) is 43.4 Å². The number of benzene rings is 1. The highest BCUT2D eigenvalue weighted by Gasteiger charge is 2.34. The van der Waals surface area contributed by atoms with Gasteiger partial charge < -0.3 is 10.2 Å². The van der Waals surface area contributed by atoms with Gasteiger partial charge in [-0.25, -0.2) is 17.6 Å². The van der Waals surface area contributed by atoms with Crippen molar-refractivity contribution in [3.05, 3.63) is 30.1 Å². The van der Waals surface area contributed by atoms with Crippen molar-refractivity contribution in [1.82, 2.24) is 4.90 Å². The summed E-state index contributed by atoms with van der Waals surface area (Å²) in [6.07, 6.45) is 1.15. The Labute approximate surface area is 124 Å². The predicted molar refractivity (Wildman–Crippen MR) is 79.5 cm³/mol. The molecule has 0 aromatic heterocycles. The highest BCUT2D eigenvalue weighted by Crippen LogP contribution is 2.20. The van der Waals surface area contributed by atoms with Gasteiger partial charge in [-0.3, -0.25) is 0 Å². The van der Waals surface area contributed by atoms with Crippen LogP contribution in [0.1, 0.15) is 19.8 Å². The smallest absolute Gasteiger partial charge is 0.321 e. The molecule has 1 aromatic carbocycles. The van der Waals surface area contributed by atoms with Crippen molar-refractivity contribution in [2.45, 2.75) is 25.8 Å². The Morgan fingerprint density at radius 3 is 2.71 bits per heavy atom. The van der Waals surface area contributed by atoms with Crippen LogP contribution >= 0.6 is 0 Å². The maximum Gasteiger partial charge on any atom is 0.322 e. The summed E-state index contributed by atoms with van der Waals surface area (Å²) < 4.78 is 36.7. The molecule has 0 saturated carbocycles. The minimum atomic E-state index is -3.07. The van der Waals surface area contributed by atoms with Gasteiger partial charge in [-0.15, -0.1) is 0 Å². The van der Waals surface area contributed by atoms with Gasteiger partial charge in [-0.2, -0.15) is 0 Å². The van der Waals surface area contributed by atoms with E-state index in [1.54, 1.807) is 12.1 Å². The highest BCUT2D eigenvalue weighted by atomic mass is 32.2. The maximum absolute atomic E-state index is 13.6. The van der Waals surface area contributed by atoms with Crippen LogP contribution in [0.4, 0.5) is 14.9 Å². The van der Waals surface area contributed by atoms with E-state index in [4.69, 9.17) is 0 Å². The number of amides is 2. The molecule has 116 valence electrons. The van der Waals surface area contributed by atoms with Gasteiger partial charge in [0.15, 0.2) is 9.84 Å². The number of carbonyl (C=O) groups excluding carboxylic acids is 1. The second kappa shape index (κ2) is 6.43. The molecule has 5 nitrogen and oxygen atoms in total. The Morgan fingerprint density at radius 2 is 2.14 bits per heavy atom. The molecule has 1 aromatic rings. The van der Waals surface area contributed by atoms with Crippen LogP contribution < -0.4 is 5.32 Å². The first-order valence-corrected chi connectivity index (χ1v) is 8.77. The minimum absolute atomic E-state index is 0.0162. The van der Waals surface area contributed by atoms with Gasteiger partial charge in [0.1, 0.15) is 5.82 Å². The summed E-state index contributed by atoms with van der Waals surface area (Å²) in [6, 6.07) is 5.12. The molecule has 0 bridgehead atoms. The molecular weight excluding hydrogens is 295 g/mol. The van der Waals surface area contributed by atoms with Crippen LogP contribution in [0, 0.1) is 5.82 Å². The van der Waals surface area contributed by atoms with E-state index in [0.717, 1.165) is 0 Å². The molecule has 1 aliphatic heterocycles. The highest BCUT2D eigenvalue weighted by molar-refractivity contribution is 7.91. The molecule has 1 saturated heterocycles. The lowest BCUT2D eigenvalue weighted by Crippen LogP contribution is -2.44. The molecule has 0 radical (unpaired) electrons. The second-order valence-corrected chi connectivity index (χ2v) is 7.39. The molecule has 1 N–H and O–H groups in total. The molecule has 7 heteroatoms. The van der Waals surface area contributed by atoms with E-state index >= 15 is 0 Å². The fraction of sp³-hybridized carbons (Fsp3) is 0.500. The van der Waals surface area contributed by atoms with Gasteiger partial charge in [0, 0.05) is 12.6 Å². The summed E-state index contributed by atoms with van der Waals surface area (Å²) in [5.74, 6) is -0.427. The van der Waals surface area contributed by atoms with Crippen LogP contribution in [0.25, 0.3) is 0 Å². The van der Waals surface area contributed by atoms with Crippen LogP contribution in [-0.2, 0) is 9.84 Å². The molecule has 1 fully saturated rings. The number of carbonyl (C=O) groups is 1. The number of para-hydroxylation sites is 1. The first-order valence-electron chi connectivity index (χ1n) is 6.95. The van der Waals surface area contributed by atoms with Crippen LogP contribution in [0.15, 0.2) is 24.3 Å². The SMILES string of the molecule is CCCN(C(=O)Nc1ccccc1F)C1CCS(=O)(=O)C1. The third-order valence-corrected chi connectivity index (χ3v) is 5.24. The Balaban J connectivity index is 2.11. The van der Waals surface area contributed by atoms with E-state index < -0.39 is 21.7 Å². The normalized spacial score (nSPS) is 20.2. The Kier molecular flexibility index (Phi) is 4.82. The molecule has 0 spiro atoms. The summed E-state index contributed by atoms with van der Waals surface area (Å²) in [4.78, 5) is 13.8. The number of urea groups is 1. The fourth-order valence-electron chi connectivity index (χ4n) is 2.46. The number of rotatable bonds is 4. The molecule has 1 heterocycles. The fourth-order valence-corrected chi connectivity index (χ4v) is 4.19. The van der Waals surface area contributed by atoms with Gasteiger partial charge in [-0.05, 0) is 25.0 Å². The van der Waals surface area contributed by atoms with E-state index in [2.05, 4.69) is 5.32 Å². The average molecular weight is 314 g/mol. The number of hydrogen-bond donors (Lipinski definition) is 1. The molecule has 2 rings (SSSR count). The van der Waals surface area contributed by atoms with Gasteiger partial charge in [-0.1, -0.05) is 19.1 Å². The topological polar surface area (TPSA) is 66.5 Å². The van der Waals surface area contributed by atoms with Gasteiger partial charge in [0.2, 0.25) is 0 Å². The summed E-state index contributed by atoms with van der Waals surface area (Å²) in [5, 5.41) is 2.52. The van der Waals surface area contributed by atoms with Crippen molar-refractivity contribution in [2.24, 2.45) is 0 Å². The average Bonchev–Trinajstić information content (AvgIpc) is 2.78. The van der Waals surface area contributed by atoms with Crippen molar-refractivity contribution < 1.29 is 17.6 Å². The van der Waals surface area contributed by atoms with Crippen molar-refractivity contribution in [2.75, 3.05) is 23.4 Å². The summed E-state index contributed by atoms with van der Waals surface area (Å²) in [7, 11) is -3.07. The number of nitrogens with zero attached hydrogens (tertiary/aromatic N) is 1. The zero-order chi connectivity index (χ0) is 15.5. The minimum Gasteiger partial charge on any atom is -0.321 e. The van der Waals surface area contributed by atoms with E-state index in [1.807, 2.05) is 6.92 Å². The Bertz CT molecular complexity index is 618. The molecule has 1 atom stereocenters. The largest absolute Gasteiger partial charge is 0.322 e.